The minimum atomic E-state index is -1.45. The molecule has 0 amide bonds. The van der Waals surface area contributed by atoms with E-state index in [1.54, 1.807) is 30.3 Å². The van der Waals surface area contributed by atoms with Crippen molar-refractivity contribution in [2.45, 2.75) is 17.3 Å². The molecule has 0 aliphatic carbocycles. The number of nitrogens with zero attached hydrogens (tertiary/aromatic N) is 5. The molecular weight excluding hydrogens is 479 g/mol. The van der Waals surface area contributed by atoms with E-state index in [9.17, 15) is 4.21 Å². The normalized spacial score (nSPS) is 18.0. The minimum Gasteiger partial charge on any atom is -0.274 e. The monoisotopic (exact) mass is 490 g/mol. The van der Waals surface area contributed by atoms with Crippen LogP contribution in [0.4, 0.5) is 0 Å². The lowest BCUT2D eigenvalue weighted by Crippen LogP contribution is -2.30. The Labute approximate surface area is 194 Å². The van der Waals surface area contributed by atoms with Crippen molar-refractivity contribution in [1.29, 1.82) is 0 Å². The fraction of sp³-hybridized carbons (Fsp3) is 0.100. The van der Waals surface area contributed by atoms with Crippen LogP contribution in [0.5, 0.6) is 0 Å². The summed E-state index contributed by atoms with van der Waals surface area (Å²) in [6.45, 7) is 1.82. The van der Waals surface area contributed by atoms with Crippen LogP contribution in [0.15, 0.2) is 58.8 Å². The van der Waals surface area contributed by atoms with Crippen molar-refractivity contribution >= 4 is 51.3 Å². The van der Waals surface area contributed by atoms with E-state index in [2.05, 4.69) is 20.4 Å². The van der Waals surface area contributed by atoms with Gasteiger partial charge in [-0.15, -0.1) is 10.2 Å². The molecule has 7 nitrogen and oxygen atoms in total. The molecule has 2 aromatic heterocycles. The van der Waals surface area contributed by atoms with E-state index in [0.29, 0.717) is 38.0 Å². The van der Waals surface area contributed by atoms with Gasteiger partial charge in [0.2, 0.25) is 11.0 Å². The van der Waals surface area contributed by atoms with Crippen LogP contribution in [0.2, 0.25) is 15.1 Å². The van der Waals surface area contributed by atoms with Crippen LogP contribution in [0.25, 0.3) is 22.8 Å². The fourth-order valence-corrected chi connectivity index (χ4v) is 4.80. The van der Waals surface area contributed by atoms with Gasteiger partial charge in [-0.05, 0) is 37.3 Å². The smallest absolute Gasteiger partial charge is 0.243 e. The molecule has 156 valence electrons. The van der Waals surface area contributed by atoms with Crippen molar-refractivity contribution in [3.8, 4) is 22.8 Å². The van der Waals surface area contributed by atoms with Gasteiger partial charge in [-0.2, -0.15) is 14.9 Å². The van der Waals surface area contributed by atoms with E-state index in [-0.39, 0.29) is 5.16 Å². The molecular formula is C20H13Cl3N6OS. The average Bonchev–Trinajstić information content (AvgIpc) is 3.40. The lowest BCUT2D eigenvalue weighted by molar-refractivity contribution is 0.651. The van der Waals surface area contributed by atoms with Crippen LogP contribution in [-0.2, 0) is 10.8 Å². The van der Waals surface area contributed by atoms with E-state index < -0.39 is 16.0 Å². The van der Waals surface area contributed by atoms with Crippen LogP contribution in [0.3, 0.4) is 0 Å². The summed E-state index contributed by atoms with van der Waals surface area (Å²) in [7, 11) is -1.45. The van der Waals surface area contributed by atoms with E-state index in [4.69, 9.17) is 39.9 Å². The summed E-state index contributed by atoms with van der Waals surface area (Å²) in [6.07, 6.45) is 0. The van der Waals surface area contributed by atoms with Crippen LogP contribution in [0, 0.1) is 0 Å². The highest BCUT2D eigenvalue weighted by atomic mass is 35.5. The Balaban J connectivity index is 1.59. The van der Waals surface area contributed by atoms with Gasteiger partial charge in [-0.25, -0.2) is 0 Å². The molecule has 2 unspecified atom stereocenters. The predicted molar refractivity (Wildman–Crippen MR) is 122 cm³/mol. The highest BCUT2D eigenvalue weighted by Gasteiger charge is 2.32. The van der Waals surface area contributed by atoms with Gasteiger partial charge >= 0.3 is 0 Å². The molecule has 0 bridgehead atoms. The highest BCUT2D eigenvalue weighted by molar-refractivity contribution is 7.86. The first-order valence-electron chi connectivity index (χ1n) is 9.14. The standard InChI is InChI=1S/C20H13Cl3N6OS/c1-10-18(12-4-7-14(22)15(23)8-12)28-29-19(26-27-20(29)31(10)30)17-9-16(24-25-17)11-2-5-13(21)6-3-11/h2-10H,1H3,(H,24,25). The second-order valence-corrected chi connectivity index (χ2v) is 9.76. The third-order valence-corrected chi connectivity index (χ3v) is 7.35. The van der Waals surface area contributed by atoms with Gasteiger partial charge in [0.25, 0.3) is 0 Å². The first kappa shape index (κ1) is 20.4. The van der Waals surface area contributed by atoms with E-state index in [1.165, 1.54) is 4.68 Å². The number of nitrogens with one attached hydrogen (secondary N) is 1. The number of halogens is 3. The van der Waals surface area contributed by atoms with Gasteiger partial charge in [-0.3, -0.25) is 9.31 Å². The summed E-state index contributed by atoms with van der Waals surface area (Å²) in [6, 6.07) is 14.4. The molecule has 5 rings (SSSR count). The van der Waals surface area contributed by atoms with Crippen molar-refractivity contribution in [3.63, 3.8) is 0 Å². The first-order valence-corrected chi connectivity index (χ1v) is 11.5. The molecule has 1 aliphatic rings. The van der Waals surface area contributed by atoms with E-state index in [1.807, 2.05) is 25.1 Å². The van der Waals surface area contributed by atoms with Crippen molar-refractivity contribution in [2.75, 3.05) is 0 Å². The van der Waals surface area contributed by atoms with Gasteiger partial charge in [0, 0.05) is 16.1 Å². The van der Waals surface area contributed by atoms with Crippen molar-refractivity contribution in [1.82, 2.24) is 25.1 Å². The number of aromatic amines is 1. The summed E-state index contributed by atoms with van der Waals surface area (Å²) >= 11 is 18.2. The third kappa shape index (κ3) is 3.59. The third-order valence-electron chi connectivity index (χ3n) is 4.88. The highest BCUT2D eigenvalue weighted by Crippen LogP contribution is 2.30. The fourth-order valence-electron chi connectivity index (χ4n) is 3.25. The quantitative estimate of drug-likeness (QED) is 0.434. The number of rotatable bonds is 3. The van der Waals surface area contributed by atoms with Gasteiger partial charge in [0.05, 0.1) is 26.7 Å². The lowest BCUT2D eigenvalue weighted by Gasteiger charge is -2.20. The number of aromatic nitrogens is 5. The summed E-state index contributed by atoms with van der Waals surface area (Å²) < 4.78 is 14.5. The van der Waals surface area contributed by atoms with Crippen LogP contribution in [-0.4, -0.2) is 40.2 Å². The Morgan fingerprint density at radius 2 is 1.71 bits per heavy atom. The predicted octanol–water partition coefficient (Wildman–Crippen LogP) is 5.06. The zero-order chi connectivity index (χ0) is 21.7. The first-order chi connectivity index (χ1) is 14.9. The molecule has 0 spiro atoms. The Morgan fingerprint density at radius 3 is 2.45 bits per heavy atom. The molecule has 1 aliphatic heterocycles. The Bertz CT molecular complexity index is 1360. The molecule has 0 saturated heterocycles. The summed E-state index contributed by atoms with van der Waals surface area (Å²) in [5, 5.41) is 21.7. The molecule has 11 heteroatoms. The SMILES string of the molecule is CC1C(c2ccc(Cl)c(Cl)c2)=Nn2c(-c3cc(-c4ccc(Cl)cc4)n[nH]3)nnc2S1=O. The number of fused-ring (bicyclic) bond motifs is 1. The molecule has 31 heavy (non-hydrogen) atoms. The topological polar surface area (TPSA) is 88.8 Å². The zero-order valence-electron chi connectivity index (χ0n) is 15.9. The molecule has 0 saturated carbocycles. The summed E-state index contributed by atoms with van der Waals surface area (Å²) in [4.78, 5) is 0. The molecule has 2 aromatic carbocycles. The minimum absolute atomic E-state index is 0.272. The van der Waals surface area contributed by atoms with Crippen LogP contribution >= 0.6 is 34.8 Å². The molecule has 0 fully saturated rings. The van der Waals surface area contributed by atoms with Crippen molar-refractivity contribution < 1.29 is 4.21 Å². The van der Waals surface area contributed by atoms with Crippen LogP contribution in [0.1, 0.15) is 12.5 Å². The molecule has 0 radical (unpaired) electrons. The number of hydrogen-bond donors (Lipinski definition) is 1. The van der Waals surface area contributed by atoms with Gasteiger partial charge in [0.1, 0.15) is 16.5 Å². The maximum absolute atomic E-state index is 13.1. The average molecular weight is 492 g/mol. The molecule has 1 N–H and O–H groups in total. The van der Waals surface area contributed by atoms with E-state index in [0.717, 1.165) is 11.1 Å². The molecule has 4 aromatic rings. The lowest BCUT2D eigenvalue weighted by atomic mass is 10.1. The Kier molecular flexibility index (Phi) is 5.18. The van der Waals surface area contributed by atoms with Crippen LogP contribution < -0.4 is 0 Å². The number of H-pyrrole nitrogens is 1. The molecule has 2 atom stereocenters. The summed E-state index contributed by atoms with van der Waals surface area (Å²) in [5.74, 6) is 0.403. The maximum Gasteiger partial charge on any atom is 0.243 e. The number of benzene rings is 2. The van der Waals surface area contributed by atoms with Gasteiger partial charge in [0.15, 0.2) is 0 Å². The van der Waals surface area contributed by atoms with Crippen molar-refractivity contribution in [2.24, 2.45) is 5.10 Å². The summed E-state index contributed by atoms with van der Waals surface area (Å²) in [5.41, 5.74) is 3.52. The Hall–Kier alpha value is -2.52. The second kappa shape index (κ2) is 7.87. The number of hydrogen-bond acceptors (Lipinski definition) is 5. The second-order valence-electron chi connectivity index (χ2n) is 6.85. The zero-order valence-corrected chi connectivity index (χ0v) is 19.0. The van der Waals surface area contributed by atoms with E-state index >= 15 is 0 Å². The molecule has 3 heterocycles. The van der Waals surface area contributed by atoms with Gasteiger partial charge < -0.3 is 0 Å². The Morgan fingerprint density at radius 1 is 0.968 bits per heavy atom. The van der Waals surface area contributed by atoms with Gasteiger partial charge in [-0.1, -0.05) is 53.0 Å². The maximum atomic E-state index is 13.1. The van der Waals surface area contributed by atoms with Crippen molar-refractivity contribution in [3.05, 3.63) is 69.2 Å². The largest absolute Gasteiger partial charge is 0.274 e.